The van der Waals surface area contributed by atoms with E-state index in [4.69, 9.17) is 0 Å². The van der Waals surface area contributed by atoms with E-state index in [1.54, 1.807) is 0 Å². The van der Waals surface area contributed by atoms with Crippen molar-refractivity contribution in [2.45, 2.75) is 0 Å². The zero-order valence-corrected chi connectivity index (χ0v) is 27.3. The lowest BCUT2D eigenvalue weighted by molar-refractivity contribution is 1.13. The maximum atomic E-state index is 2.47. The van der Waals surface area contributed by atoms with E-state index in [0.717, 1.165) is 0 Å². The molecule has 0 atom stereocenters. The highest BCUT2D eigenvalue weighted by atomic mass is 32.1. The van der Waals surface area contributed by atoms with Crippen LogP contribution in [0, 0.1) is 0 Å². The number of rotatable bonds is 3. The zero-order valence-electron chi connectivity index (χ0n) is 26.5. The molecule has 0 bridgehead atoms. The summed E-state index contributed by atoms with van der Waals surface area (Å²) in [6.07, 6.45) is 2.20. The molecule has 2 nitrogen and oxygen atoms in total. The molecule has 11 rings (SSSR count). The SMILES string of the molecule is c1ccc(-n2ccc3cc4cc(-c5cccc6c5sc5ccccc56)c5cc6c7ccccc7n(-c7ccccc7)c6cc5c4cc32)cc1. The van der Waals surface area contributed by atoms with Crippen LogP contribution in [0.15, 0.2) is 170 Å². The van der Waals surface area contributed by atoms with Crippen LogP contribution in [0.25, 0.3) is 96.9 Å². The molecule has 49 heavy (non-hydrogen) atoms. The minimum absolute atomic E-state index is 1.17. The van der Waals surface area contributed by atoms with Crippen LogP contribution >= 0.6 is 11.3 Å². The van der Waals surface area contributed by atoms with E-state index in [9.17, 15) is 0 Å². The van der Waals surface area contributed by atoms with E-state index in [1.165, 1.54) is 96.9 Å². The fourth-order valence-corrected chi connectivity index (χ4v) is 9.33. The molecule has 0 aliphatic heterocycles. The summed E-state index contributed by atoms with van der Waals surface area (Å²) in [5.74, 6) is 0. The summed E-state index contributed by atoms with van der Waals surface area (Å²) in [6.45, 7) is 0. The van der Waals surface area contributed by atoms with Gasteiger partial charge in [0, 0.05) is 59.5 Å². The summed E-state index contributed by atoms with van der Waals surface area (Å²) in [4.78, 5) is 0. The van der Waals surface area contributed by atoms with E-state index >= 15 is 0 Å². The smallest absolute Gasteiger partial charge is 0.0547 e. The van der Waals surface area contributed by atoms with Gasteiger partial charge in [0.1, 0.15) is 0 Å². The molecular formula is C46H28N2S. The Hall–Kier alpha value is -6.16. The van der Waals surface area contributed by atoms with Crippen molar-refractivity contribution in [3.63, 3.8) is 0 Å². The Labute approximate surface area is 286 Å². The summed E-state index contributed by atoms with van der Waals surface area (Å²) in [5, 5.41) is 11.5. The first-order chi connectivity index (χ1) is 24.3. The van der Waals surface area contributed by atoms with Gasteiger partial charge < -0.3 is 9.13 Å². The van der Waals surface area contributed by atoms with E-state index in [-0.39, 0.29) is 0 Å². The Balaban J connectivity index is 1.32. The van der Waals surface area contributed by atoms with Crippen LogP contribution in [0.2, 0.25) is 0 Å². The van der Waals surface area contributed by atoms with Crippen LogP contribution in [-0.2, 0) is 0 Å². The molecule has 3 aromatic heterocycles. The summed E-state index contributed by atoms with van der Waals surface area (Å²) in [7, 11) is 0. The Bertz CT molecular complexity index is 3090. The Kier molecular flexibility index (Phi) is 5.57. The molecule has 0 radical (unpaired) electrons. The molecule has 3 heterocycles. The molecule has 0 aliphatic rings. The third-order valence-corrected chi connectivity index (χ3v) is 11.5. The number of hydrogen-bond donors (Lipinski definition) is 0. The second-order valence-electron chi connectivity index (χ2n) is 13.0. The average molecular weight is 641 g/mol. The van der Waals surface area contributed by atoms with Gasteiger partial charge >= 0.3 is 0 Å². The molecule has 228 valence electrons. The molecule has 0 saturated heterocycles. The van der Waals surface area contributed by atoms with Gasteiger partial charge in [0.2, 0.25) is 0 Å². The highest BCUT2D eigenvalue weighted by Gasteiger charge is 2.19. The van der Waals surface area contributed by atoms with Crippen molar-refractivity contribution >= 4 is 85.8 Å². The van der Waals surface area contributed by atoms with E-state index in [1.807, 2.05) is 11.3 Å². The van der Waals surface area contributed by atoms with Gasteiger partial charge in [-0.1, -0.05) is 91.0 Å². The summed E-state index contributed by atoms with van der Waals surface area (Å²) < 4.78 is 7.41. The van der Waals surface area contributed by atoms with Crippen LogP contribution in [0.5, 0.6) is 0 Å². The zero-order chi connectivity index (χ0) is 32.1. The quantitative estimate of drug-likeness (QED) is 0.170. The molecular weight excluding hydrogens is 613 g/mol. The first-order valence-corrected chi connectivity index (χ1v) is 17.6. The maximum absolute atomic E-state index is 2.47. The van der Waals surface area contributed by atoms with Gasteiger partial charge in [-0.25, -0.2) is 0 Å². The van der Waals surface area contributed by atoms with Crippen LogP contribution < -0.4 is 0 Å². The van der Waals surface area contributed by atoms with Crippen molar-refractivity contribution in [1.29, 1.82) is 0 Å². The Morgan fingerprint density at radius 1 is 0.367 bits per heavy atom. The standard InChI is InChI=1S/C46H28N2S/c1-3-12-31(13-4-1)47-23-22-29-24-30-25-38(36-19-11-18-35-34-17-8-10-21-45(34)49-46(35)36)39-26-41-33-16-7-9-20-42(33)48(32-14-5-2-6-15-32)44(41)28-40(39)37(30)27-43(29)47/h1-28H. The number of thiophene rings is 1. The van der Waals surface area contributed by atoms with Crippen molar-refractivity contribution in [2.75, 3.05) is 0 Å². The van der Waals surface area contributed by atoms with E-state index < -0.39 is 0 Å². The maximum Gasteiger partial charge on any atom is 0.0547 e. The van der Waals surface area contributed by atoms with Crippen LogP contribution in [0.1, 0.15) is 0 Å². The van der Waals surface area contributed by atoms with Gasteiger partial charge in [-0.15, -0.1) is 11.3 Å². The van der Waals surface area contributed by atoms with Crippen LogP contribution in [0.3, 0.4) is 0 Å². The molecule has 8 aromatic carbocycles. The number of benzene rings is 8. The van der Waals surface area contributed by atoms with Crippen molar-refractivity contribution in [3.8, 4) is 22.5 Å². The third kappa shape index (κ3) is 3.88. The molecule has 0 aliphatic carbocycles. The average Bonchev–Trinajstić information content (AvgIpc) is 3.85. The molecule has 0 N–H and O–H groups in total. The van der Waals surface area contributed by atoms with Gasteiger partial charge in [-0.2, -0.15) is 0 Å². The minimum Gasteiger partial charge on any atom is -0.317 e. The second-order valence-corrected chi connectivity index (χ2v) is 14.0. The number of para-hydroxylation sites is 3. The predicted octanol–water partition coefficient (Wildman–Crippen LogP) is 13.1. The molecule has 0 unspecified atom stereocenters. The van der Waals surface area contributed by atoms with Crippen molar-refractivity contribution in [3.05, 3.63) is 170 Å². The Morgan fingerprint density at radius 2 is 1.08 bits per heavy atom. The number of aromatic nitrogens is 2. The lowest BCUT2D eigenvalue weighted by atomic mass is 9.91. The molecule has 0 saturated carbocycles. The third-order valence-electron chi connectivity index (χ3n) is 10.3. The lowest BCUT2D eigenvalue weighted by Crippen LogP contribution is -1.94. The van der Waals surface area contributed by atoms with Gasteiger partial charge in [0.25, 0.3) is 0 Å². The van der Waals surface area contributed by atoms with E-state index in [2.05, 4.69) is 179 Å². The summed E-state index contributed by atoms with van der Waals surface area (Å²) in [6, 6.07) is 60.3. The first-order valence-electron chi connectivity index (χ1n) is 16.8. The van der Waals surface area contributed by atoms with Crippen molar-refractivity contribution in [2.24, 2.45) is 0 Å². The highest BCUT2D eigenvalue weighted by molar-refractivity contribution is 7.26. The number of fused-ring (bicyclic) bond motifs is 10. The normalized spacial score (nSPS) is 12.1. The molecule has 0 fully saturated rings. The first kappa shape index (κ1) is 26.9. The molecule has 3 heteroatoms. The molecule has 0 spiro atoms. The fraction of sp³-hybridized carbons (Fsp3) is 0. The number of hydrogen-bond acceptors (Lipinski definition) is 1. The summed E-state index contributed by atoms with van der Waals surface area (Å²) in [5.41, 5.74) is 8.56. The van der Waals surface area contributed by atoms with Crippen molar-refractivity contribution in [1.82, 2.24) is 9.13 Å². The largest absolute Gasteiger partial charge is 0.317 e. The van der Waals surface area contributed by atoms with Crippen LogP contribution in [0.4, 0.5) is 0 Å². The monoisotopic (exact) mass is 640 g/mol. The molecule has 0 amide bonds. The minimum atomic E-state index is 1.17. The van der Waals surface area contributed by atoms with Gasteiger partial charge in [-0.05, 0) is 99.9 Å². The highest BCUT2D eigenvalue weighted by Crippen LogP contribution is 2.46. The predicted molar refractivity (Wildman–Crippen MR) is 211 cm³/mol. The lowest BCUT2D eigenvalue weighted by Gasteiger charge is -2.15. The fourth-order valence-electron chi connectivity index (χ4n) is 8.10. The number of nitrogens with zero attached hydrogens (tertiary/aromatic N) is 2. The molecule has 11 aromatic rings. The second kappa shape index (κ2) is 10.2. The topological polar surface area (TPSA) is 9.86 Å². The Morgan fingerprint density at radius 3 is 1.94 bits per heavy atom. The van der Waals surface area contributed by atoms with Crippen molar-refractivity contribution < 1.29 is 0 Å². The van der Waals surface area contributed by atoms with Gasteiger partial charge in [-0.3, -0.25) is 0 Å². The van der Waals surface area contributed by atoms with Gasteiger partial charge in [0.05, 0.1) is 16.6 Å². The van der Waals surface area contributed by atoms with E-state index in [0.29, 0.717) is 0 Å². The van der Waals surface area contributed by atoms with Crippen LogP contribution in [-0.4, -0.2) is 9.13 Å². The van der Waals surface area contributed by atoms with Gasteiger partial charge in [0.15, 0.2) is 0 Å². The summed E-state index contributed by atoms with van der Waals surface area (Å²) >= 11 is 1.90.